The first-order valence-electron chi connectivity index (χ1n) is 3.86. The van der Waals surface area contributed by atoms with Crippen molar-refractivity contribution in [2.24, 2.45) is 0 Å². The molecule has 1 aliphatic heterocycles. The highest BCUT2D eigenvalue weighted by Gasteiger charge is 2.13. The first kappa shape index (κ1) is 8.87. The molecule has 0 aromatic carbocycles. The molecular weight excluding hydrogens is 160 g/mol. The van der Waals surface area contributed by atoms with Gasteiger partial charge in [0.25, 0.3) is 5.24 Å². The third-order valence-electron chi connectivity index (χ3n) is 1.99. The molecule has 3 nitrogen and oxygen atoms in total. The summed E-state index contributed by atoms with van der Waals surface area (Å²) in [4.78, 5) is 14.8. The Balaban J connectivity index is 2.40. The zero-order chi connectivity index (χ0) is 8.27. The van der Waals surface area contributed by atoms with E-state index in [1.165, 1.54) is 0 Å². The number of carbonyl (C=O) groups is 1. The van der Waals surface area contributed by atoms with Gasteiger partial charge in [0.1, 0.15) is 0 Å². The monoisotopic (exact) mass is 174 g/mol. The summed E-state index contributed by atoms with van der Waals surface area (Å²) in [6, 6.07) is 0. The van der Waals surface area contributed by atoms with E-state index < -0.39 is 0 Å². The summed E-state index contributed by atoms with van der Waals surface area (Å²) >= 11 is 3.79. The second-order valence-electron chi connectivity index (χ2n) is 2.93. The third-order valence-corrected chi connectivity index (χ3v) is 2.27. The van der Waals surface area contributed by atoms with Gasteiger partial charge >= 0.3 is 0 Å². The molecule has 0 saturated carbocycles. The molecule has 0 aromatic rings. The smallest absolute Gasteiger partial charge is 0.278 e. The van der Waals surface area contributed by atoms with Crippen molar-refractivity contribution in [3.05, 3.63) is 0 Å². The number of hydrogen-bond acceptors (Lipinski definition) is 2. The minimum atomic E-state index is -0.0969. The molecule has 1 amide bonds. The highest BCUT2D eigenvalue weighted by Crippen LogP contribution is 2.03. The molecule has 0 aliphatic carbocycles. The van der Waals surface area contributed by atoms with Gasteiger partial charge < -0.3 is 9.80 Å². The number of amides is 1. The van der Waals surface area contributed by atoms with E-state index in [1.54, 1.807) is 4.90 Å². The average Bonchev–Trinajstić information content (AvgIpc) is 2.13. The molecule has 0 spiro atoms. The van der Waals surface area contributed by atoms with Crippen molar-refractivity contribution in [2.45, 2.75) is 6.42 Å². The molecule has 1 aliphatic rings. The predicted octanol–water partition coefficient (Wildman–Crippen LogP) is 0.674. The maximum Gasteiger partial charge on any atom is 0.278 e. The summed E-state index contributed by atoms with van der Waals surface area (Å²) in [6.45, 7) is 3.72. The number of hydrogen-bond donors (Lipinski definition) is 1. The highest BCUT2D eigenvalue weighted by molar-refractivity contribution is 7.96. The SMILES string of the molecule is CN1CCCN(C(=O)S)CC1. The molecule has 1 saturated heterocycles. The van der Waals surface area contributed by atoms with Gasteiger partial charge in [0.05, 0.1) is 0 Å². The maximum atomic E-state index is 10.8. The van der Waals surface area contributed by atoms with Gasteiger partial charge in [-0.2, -0.15) is 0 Å². The maximum absolute atomic E-state index is 10.8. The van der Waals surface area contributed by atoms with Crippen LogP contribution in [-0.2, 0) is 0 Å². The Morgan fingerprint density at radius 1 is 1.27 bits per heavy atom. The summed E-state index contributed by atoms with van der Waals surface area (Å²) in [5.74, 6) is 0. The Kier molecular flexibility index (Phi) is 3.20. The lowest BCUT2D eigenvalue weighted by molar-refractivity contribution is 0.225. The molecule has 1 heterocycles. The lowest BCUT2D eigenvalue weighted by atomic mass is 10.4. The van der Waals surface area contributed by atoms with E-state index in [-0.39, 0.29) is 5.24 Å². The number of likely N-dealkylation sites (N-methyl/N-ethyl adjacent to an activating group) is 1. The highest BCUT2D eigenvalue weighted by atomic mass is 32.1. The van der Waals surface area contributed by atoms with Crippen LogP contribution < -0.4 is 0 Å². The third kappa shape index (κ3) is 2.71. The minimum absolute atomic E-state index is 0.0969. The molecule has 0 unspecified atom stereocenters. The fraction of sp³-hybridized carbons (Fsp3) is 0.857. The average molecular weight is 174 g/mol. The van der Waals surface area contributed by atoms with Crippen molar-refractivity contribution in [1.29, 1.82) is 0 Å². The van der Waals surface area contributed by atoms with Crippen molar-refractivity contribution < 1.29 is 4.79 Å². The van der Waals surface area contributed by atoms with Crippen molar-refractivity contribution >= 4 is 17.9 Å². The Morgan fingerprint density at radius 3 is 2.64 bits per heavy atom. The lowest BCUT2D eigenvalue weighted by Crippen LogP contribution is -2.30. The lowest BCUT2D eigenvalue weighted by Gasteiger charge is -2.17. The van der Waals surface area contributed by atoms with Crippen molar-refractivity contribution in [2.75, 3.05) is 33.2 Å². The van der Waals surface area contributed by atoms with Gasteiger partial charge in [0.2, 0.25) is 0 Å². The first-order chi connectivity index (χ1) is 5.20. The van der Waals surface area contributed by atoms with Gasteiger partial charge in [-0.15, -0.1) is 0 Å². The van der Waals surface area contributed by atoms with Crippen LogP contribution >= 0.6 is 12.6 Å². The van der Waals surface area contributed by atoms with Crippen LogP contribution in [0.25, 0.3) is 0 Å². The van der Waals surface area contributed by atoms with Crippen molar-refractivity contribution in [3.63, 3.8) is 0 Å². The fourth-order valence-corrected chi connectivity index (χ4v) is 1.44. The van der Waals surface area contributed by atoms with Crippen LogP contribution in [0, 0.1) is 0 Å². The van der Waals surface area contributed by atoms with E-state index in [4.69, 9.17) is 0 Å². The summed E-state index contributed by atoms with van der Waals surface area (Å²) in [7, 11) is 2.08. The van der Waals surface area contributed by atoms with Gasteiger partial charge in [0.15, 0.2) is 0 Å². The normalized spacial score (nSPS) is 21.5. The van der Waals surface area contributed by atoms with Gasteiger partial charge in [-0.1, -0.05) is 12.6 Å². The Bertz CT molecular complexity index is 151. The molecule has 4 heteroatoms. The molecule has 64 valence electrons. The zero-order valence-electron chi connectivity index (χ0n) is 6.79. The number of rotatable bonds is 0. The molecule has 0 N–H and O–H groups in total. The summed E-state index contributed by atoms with van der Waals surface area (Å²) in [5, 5.41) is -0.0969. The zero-order valence-corrected chi connectivity index (χ0v) is 7.68. The van der Waals surface area contributed by atoms with Crippen LogP contribution in [-0.4, -0.2) is 48.3 Å². The van der Waals surface area contributed by atoms with E-state index in [0.29, 0.717) is 0 Å². The molecule has 0 aromatic heterocycles. The Morgan fingerprint density at radius 2 is 2.00 bits per heavy atom. The summed E-state index contributed by atoms with van der Waals surface area (Å²) in [5.41, 5.74) is 0. The van der Waals surface area contributed by atoms with E-state index in [0.717, 1.165) is 32.6 Å². The van der Waals surface area contributed by atoms with E-state index in [9.17, 15) is 4.79 Å². The second kappa shape index (κ2) is 3.97. The van der Waals surface area contributed by atoms with Gasteiger partial charge in [0, 0.05) is 19.6 Å². The van der Waals surface area contributed by atoms with Crippen LogP contribution in [0.3, 0.4) is 0 Å². The van der Waals surface area contributed by atoms with Crippen LogP contribution in [0.2, 0.25) is 0 Å². The predicted molar refractivity (Wildman–Crippen MR) is 48.1 cm³/mol. The van der Waals surface area contributed by atoms with E-state index in [1.807, 2.05) is 0 Å². The standard InChI is InChI=1S/C7H14N2OS/c1-8-3-2-4-9(6-5-8)7(10)11/h2-6H2,1H3,(H,10,11). The molecular formula is C7H14N2OS. The van der Waals surface area contributed by atoms with Crippen LogP contribution in [0.1, 0.15) is 6.42 Å². The first-order valence-corrected chi connectivity index (χ1v) is 4.31. The van der Waals surface area contributed by atoms with E-state index in [2.05, 4.69) is 24.6 Å². The topological polar surface area (TPSA) is 23.6 Å². The van der Waals surface area contributed by atoms with Gasteiger partial charge in [-0.3, -0.25) is 4.79 Å². The number of thiol groups is 1. The summed E-state index contributed by atoms with van der Waals surface area (Å²) in [6.07, 6.45) is 1.06. The molecule has 0 atom stereocenters. The molecule has 0 radical (unpaired) electrons. The van der Waals surface area contributed by atoms with E-state index >= 15 is 0 Å². The number of carbonyl (C=O) groups excluding carboxylic acids is 1. The molecule has 0 bridgehead atoms. The quantitative estimate of drug-likeness (QED) is 0.546. The van der Waals surface area contributed by atoms with Crippen LogP contribution in [0.4, 0.5) is 4.79 Å². The fourth-order valence-electron chi connectivity index (χ4n) is 1.24. The minimum Gasteiger partial charge on any atom is -0.332 e. The van der Waals surface area contributed by atoms with Gasteiger partial charge in [-0.25, -0.2) is 0 Å². The Labute approximate surface area is 72.8 Å². The molecule has 1 rings (SSSR count). The van der Waals surface area contributed by atoms with Crippen molar-refractivity contribution in [1.82, 2.24) is 9.80 Å². The largest absolute Gasteiger partial charge is 0.332 e. The molecule has 11 heavy (non-hydrogen) atoms. The van der Waals surface area contributed by atoms with Crippen LogP contribution in [0.5, 0.6) is 0 Å². The van der Waals surface area contributed by atoms with Crippen molar-refractivity contribution in [3.8, 4) is 0 Å². The van der Waals surface area contributed by atoms with Crippen LogP contribution in [0.15, 0.2) is 0 Å². The second-order valence-corrected chi connectivity index (χ2v) is 3.31. The van der Waals surface area contributed by atoms with Gasteiger partial charge in [-0.05, 0) is 20.0 Å². The molecule has 1 fully saturated rings. The summed E-state index contributed by atoms with van der Waals surface area (Å²) < 4.78 is 0. The number of nitrogens with zero attached hydrogens (tertiary/aromatic N) is 2. The Hall–Kier alpha value is -0.220.